The predicted octanol–water partition coefficient (Wildman–Crippen LogP) is 2.10. The largest absolute Gasteiger partial charge is 0.495 e. The van der Waals surface area contributed by atoms with E-state index in [-0.39, 0.29) is 37.4 Å². The van der Waals surface area contributed by atoms with Crippen molar-refractivity contribution in [3.8, 4) is 5.75 Å². The maximum atomic E-state index is 12.6. The summed E-state index contributed by atoms with van der Waals surface area (Å²) in [5.74, 6) is -0.314. The Morgan fingerprint density at radius 3 is 2.85 bits per heavy atom. The Bertz CT molecular complexity index is 963. The molecule has 3 rings (SSSR count). The van der Waals surface area contributed by atoms with Gasteiger partial charge in [-0.3, -0.25) is 9.59 Å². The number of thiophene rings is 1. The summed E-state index contributed by atoms with van der Waals surface area (Å²) in [6.07, 6.45) is 3.05. The van der Waals surface area contributed by atoms with Crippen LogP contribution in [0, 0.1) is 0 Å². The highest BCUT2D eigenvalue weighted by Gasteiger charge is 2.16. The molecule has 0 aliphatic heterocycles. The Hall–Kier alpha value is -2.75. The maximum absolute atomic E-state index is 12.6. The number of nitrogens with zero attached hydrogens (tertiary/aromatic N) is 2. The Morgan fingerprint density at radius 2 is 2.11 bits per heavy atom. The summed E-state index contributed by atoms with van der Waals surface area (Å²) >= 11 is 1.39. The number of carbonyl (C=O) groups is 2. The number of hydrogen-bond donors (Lipinski definition) is 3. The second-order valence-electron chi connectivity index (χ2n) is 5.23. The molecule has 0 bridgehead atoms. The SMILES string of the molecule is COc1cc(C(=O)NCCO)ccc1NC(=O)c1csc2cncnc12.Cl. The lowest BCUT2D eigenvalue weighted by atomic mass is 10.1. The van der Waals surface area contributed by atoms with Crippen LogP contribution < -0.4 is 15.4 Å². The van der Waals surface area contributed by atoms with Crippen LogP contribution in [0.4, 0.5) is 5.69 Å². The first kappa shape index (κ1) is 20.6. The molecule has 0 fully saturated rings. The van der Waals surface area contributed by atoms with Gasteiger partial charge in [0, 0.05) is 23.7 Å². The van der Waals surface area contributed by atoms with Crippen molar-refractivity contribution < 1.29 is 19.4 Å². The molecule has 0 unspecified atom stereocenters. The third kappa shape index (κ3) is 4.51. The van der Waals surface area contributed by atoms with Gasteiger partial charge in [0.15, 0.2) is 0 Å². The molecule has 3 aromatic rings. The van der Waals surface area contributed by atoms with Gasteiger partial charge in [0.05, 0.1) is 35.2 Å². The number of rotatable bonds is 6. The van der Waals surface area contributed by atoms with E-state index < -0.39 is 0 Å². The Morgan fingerprint density at radius 1 is 1.30 bits per heavy atom. The first-order valence-corrected chi connectivity index (χ1v) is 8.57. The van der Waals surface area contributed by atoms with E-state index in [9.17, 15) is 9.59 Å². The van der Waals surface area contributed by atoms with Gasteiger partial charge in [-0.15, -0.1) is 23.7 Å². The molecule has 10 heteroatoms. The Balaban J connectivity index is 0.00000261. The van der Waals surface area contributed by atoms with Gasteiger partial charge in [-0.05, 0) is 18.2 Å². The number of carbonyl (C=O) groups excluding carboxylic acids is 2. The lowest BCUT2D eigenvalue weighted by molar-refractivity contribution is 0.0944. The summed E-state index contributed by atoms with van der Waals surface area (Å²) in [5.41, 5.74) is 1.83. The maximum Gasteiger partial charge on any atom is 0.258 e. The third-order valence-corrected chi connectivity index (χ3v) is 4.50. The van der Waals surface area contributed by atoms with Crippen LogP contribution in [0.3, 0.4) is 0 Å². The van der Waals surface area contributed by atoms with Crippen LogP contribution in [-0.2, 0) is 0 Å². The summed E-state index contributed by atoms with van der Waals surface area (Å²) < 4.78 is 6.10. The van der Waals surface area contributed by atoms with E-state index in [4.69, 9.17) is 9.84 Å². The highest BCUT2D eigenvalue weighted by Crippen LogP contribution is 2.28. The molecule has 0 aliphatic carbocycles. The Labute approximate surface area is 165 Å². The zero-order valence-electron chi connectivity index (χ0n) is 14.3. The van der Waals surface area contributed by atoms with Crippen molar-refractivity contribution in [3.63, 3.8) is 0 Å². The number of hydrogen-bond acceptors (Lipinski definition) is 7. The fourth-order valence-corrected chi connectivity index (χ4v) is 3.20. The van der Waals surface area contributed by atoms with Gasteiger partial charge >= 0.3 is 0 Å². The van der Waals surface area contributed by atoms with Gasteiger partial charge in [-0.2, -0.15) is 0 Å². The van der Waals surface area contributed by atoms with Crippen LogP contribution >= 0.6 is 23.7 Å². The van der Waals surface area contributed by atoms with E-state index in [1.807, 2.05) is 0 Å². The van der Waals surface area contributed by atoms with Crippen molar-refractivity contribution in [1.29, 1.82) is 0 Å². The molecule has 0 radical (unpaired) electrons. The third-order valence-electron chi connectivity index (χ3n) is 3.59. The topological polar surface area (TPSA) is 113 Å². The summed E-state index contributed by atoms with van der Waals surface area (Å²) in [6, 6.07) is 4.68. The average molecular weight is 409 g/mol. The number of fused-ring (bicyclic) bond motifs is 1. The summed E-state index contributed by atoms with van der Waals surface area (Å²) in [5, 5.41) is 15.8. The van der Waals surface area contributed by atoms with Crippen LogP contribution in [0.2, 0.25) is 0 Å². The minimum atomic E-state index is -0.337. The average Bonchev–Trinajstić information content (AvgIpc) is 3.10. The van der Waals surface area contributed by atoms with Crippen molar-refractivity contribution in [1.82, 2.24) is 15.3 Å². The fraction of sp³-hybridized carbons (Fsp3) is 0.176. The van der Waals surface area contributed by atoms with Gasteiger partial charge in [0.1, 0.15) is 12.1 Å². The molecule has 0 aliphatic rings. The Kier molecular flexibility index (Phi) is 7.05. The van der Waals surface area contributed by atoms with Crippen molar-refractivity contribution >= 4 is 51.5 Å². The number of aliphatic hydroxyl groups excluding tert-OH is 1. The van der Waals surface area contributed by atoms with E-state index in [0.29, 0.717) is 28.1 Å². The van der Waals surface area contributed by atoms with Crippen molar-refractivity contribution in [3.05, 3.63) is 47.2 Å². The van der Waals surface area contributed by atoms with E-state index >= 15 is 0 Å². The van der Waals surface area contributed by atoms with E-state index in [2.05, 4.69) is 20.6 Å². The quantitative estimate of drug-likeness (QED) is 0.575. The number of aromatic nitrogens is 2. The number of ether oxygens (including phenoxy) is 1. The second kappa shape index (κ2) is 9.26. The minimum absolute atomic E-state index is 0. The number of aliphatic hydroxyl groups is 1. The number of amides is 2. The molecule has 2 aromatic heterocycles. The lowest BCUT2D eigenvalue weighted by Crippen LogP contribution is -2.26. The summed E-state index contributed by atoms with van der Waals surface area (Å²) in [7, 11) is 1.45. The molecule has 0 atom stereocenters. The van der Waals surface area contributed by atoms with Gasteiger partial charge in [-0.1, -0.05) is 0 Å². The van der Waals surface area contributed by atoms with E-state index in [0.717, 1.165) is 4.70 Å². The highest BCUT2D eigenvalue weighted by molar-refractivity contribution is 7.17. The monoisotopic (exact) mass is 408 g/mol. The van der Waals surface area contributed by atoms with Crippen LogP contribution in [-0.4, -0.2) is 47.2 Å². The molecule has 0 saturated heterocycles. The van der Waals surface area contributed by atoms with Crippen LogP contribution in [0.25, 0.3) is 10.2 Å². The molecule has 27 heavy (non-hydrogen) atoms. The summed E-state index contributed by atoms with van der Waals surface area (Å²) in [6.45, 7) is 0.0158. The number of anilines is 1. The molecular formula is C17H17ClN4O4S. The zero-order valence-corrected chi connectivity index (χ0v) is 15.9. The first-order valence-electron chi connectivity index (χ1n) is 7.69. The summed E-state index contributed by atoms with van der Waals surface area (Å²) in [4.78, 5) is 32.6. The molecular weight excluding hydrogens is 392 g/mol. The van der Waals surface area contributed by atoms with Crippen molar-refractivity contribution in [2.45, 2.75) is 0 Å². The fourth-order valence-electron chi connectivity index (χ4n) is 2.34. The lowest BCUT2D eigenvalue weighted by Gasteiger charge is -2.12. The van der Waals surface area contributed by atoms with E-state index in [1.165, 1.54) is 30.8 Å². The van der Waals surface area contributed by atoms with Gasteiger partial charge in [-0.25, -0.2) is 9.97 Å². The highest BCUT2D eigenvalue weighted by atomic mass is 35.5. The van der Waals surface area contributed by atoms with Crippen LogP contribution in [0.1, 0.15) is 20.7 Å². The second-order valence-corrected chi connectivity index (χ2v) is 6.14. The van der Waals surface area contributed by atoms with Crippen molar-refractivity contribution in [2.75, 3.05) is 25.6 Å². The molecule has 0 saturated carbocycles. The van der Waals surface area contributed by atoms with Crippen molar-refractivity contribution in [2.24, 2.45) is 0 Å². The predicted molar refractivity (Wildman–Crippen MR) is 105 cm³/mol. The molecule has 2 heterocycles. The van der Waals surface area contributed by atoms with E-state index in [1.54, 1.807) is 23.7 Å². The smallest absolute Gasteiger partial charge is 0.258 e. The van der Waals surface area contributed by atoms with Gasteiger partial charge in [0.25, 0.3) is 11.8 Å². The zero-order chi connectivity index (χ0) is 18.5. The number of benzene rings is 1. The standard InChI is InChI=1S/C17H16N4O4S.ClH/c1-25-13-6-10(16(23)19-4-5-22)2-3-12(13)21-17(24)11-8-26-14-7-18-9-20-15(11)14;/h2-3,6-9,22H,4-5H2,1H3,(H,19,23)(H,21,24);1H. The number of nitrogens with one attached hydrogen (secondary N) is 2. The van der Waals surface area contributed by atoms with Gasteiger partial charge in [0.2, 0.25) is 0 Å². The molecule has 0 spiro atoms. The molecule has 3 N–H and O–H groups in total. The van der Waals surface area contributed by atoms with Crippen LogP contribution in [0.15, 0.2) is 36.1 Å². The normalized spacial score (nSPS) is 10.1. The van der Waals surface area contributed by atoms with Gasteiger partial charge < -0.3 is 20.5 Å². The first-order chi connectivity index (χ1) is 12.6. The molecule has 2 amide bonds. The number of halogens is 1. The number of methoxy groups -OCH3 is 1. The minimum Gasteiger partial charge on any atom is -0.495 e. The molecule has 142 valence electrons. The molecule has 1 aromatic carbocycles. The van der Waals surface area contributed by atoms with Crippen LogP contribution in [0.5, 0.6) is 5.75 Å². The molecule has 8 nitrogen and oxygen atoms in total.